The lowest BCUT2D eigenvalue weighted by Crippen LogP contribution is -2.48. The Morgan fingerprint density at radius 1 is 0.829 bits per heavy atom. The van der Waals surface area contributed by atoms with Crippen LogP contribution in [0.4, 0.5) is 0 Å². The number of benzene rings is 3. The summed E-state index contributed by atoms with van der Waals surface area (Å²) in [5.41, 5.74) is 2.53. The van der Waals surface area contributed by atoms with Crippen molar-refractivity contribution < 1.29 is 19.1 Å². The molecule has 184 valence electrons. The van der Waals surface area contributed by atoms with Gasteiger partial charge in [-0.3, -0.25) is 9.59 Å². The van der Waals surface area contributed by atoms with Crippen LogP contribution in [-0.2, 0) is 29.1 Å². The normalized spacial score (nSPS) is 11.5. The van der Waals surface area contributed by atoms with Crippen molar-refractivity contribution >= 4 is 35.0 Å². The Morgan fingerprint density at radius 2 is 1.37 bits per heavy atom. The number of methoxy groups -OCH3 is 2. The minimum absolute atomic E-state index is 0.0999. The quantitative estimate of drug-likeness (QED) is 0.399. The summed E-state index contributed by atoms with van der Waals surface area (Å²) in [7, 11) is 3.10. The molecule has 8 heteroatoms. The van der Waals surface area contributed by atoms with Gasteiger partial charge in [0.2, 0.25) is 11.8 Å². The van der Waals surface area contributed by atoms with E-state index in [0.717, 1.165) is 16.7 Å². The standard InChI is InChI=1S/C27H28Cl2N2O4/c1-18(27(33)30-16-19-4-9-22(28)10-5-19)31(17-20-6-11-23(29)12-7-20)26(32)15-21-8-13-24(34-2)25(14-21)35-3/h4-14,18H,15-17H2,1-3H3,(H,30,33)/t18-/m1/s1. The lowest BCUT2D eigenvalue weighted by atomic mass is 10.1. The number of amides is 2. The highest BCUT2D eigenvalue weighted by Crippen LogP contribution is 2.28. The third kappa shape index (κ3) is 7.38. The van der Waals surface area contributed by atoms with E-state index in [-0.39, 0.29) is 24.8 Å². The predicted octanol–water partition coefficient (Wildman–Crippen LogP) is 5.29. The lowest BCUT2D eigenvalue weighted by Gasteiger charge is -2.29. The summed E-state index contributed by atoms with van der Waals surface area (Å²) in [5.74, 6) is 0.670. The lowest BCUT2D eigenvalue weighted by molar-refractivity contribution is -0.140. The maximum atomic E-state index is 13.4. The van der Waals surface area contributed by atoms with Crippen LogP contribution in [0.3, 0.4) is 0 Å². The molecular formula is C27H28Cl2N2O4. The molecule has 0 heterocycles. The summed E-state index contributed by atoms with van der Waals surface area (Å²) in [6, 6.07) is 19.1. The molecule has 0 aromatic heterocycles. The molecule has 2 amide bonds. The van der Waals surface area contributed by atoms with Gasteiger partial charge in [-0.1, -0.05) is 53.5 Å². The van der Waals surface area contributed by atoms with Crippen molar-refractivity contribution in [2.75, 3.05) is 14.2 Å². The van der Waals surface area contributed by atoms with Crippen LogP contribution in [0.2, 0.25) is 10.0 Å². The van der Waals surface area contributed by atoms with Crippen molar-refractivity contribution in [3.8, 4) is 11.5 Å². The summed E-state index contributed by atoms with van der Waals surface area (Å²) in [5, 5.41) is 4.14. The first-order valence-electron chi connectivity index (χ1n) is 11.1. The van der Waals surface area contributed by atoms with Gasteiger partial charge in [-0.05, 0) is 60.0 Å². The average Bonchev–Trinajstić information content (AvgIpc) is 2.87. The SMILES string of the molecule is COc1ccc(CC(=O)N(Cc2ccc(Cl)cc2)[C@H](C)C(=O)NCc2ccc(Cl)cc2)cc1OC. The highest BCUT2D eigenvalue weighted by molar-refractivity contribution is 6.30. The minimum atomic E-state index is -0.703. The second-order valence-electron chi connectivity index (χ2n) is 8.03. The molecule has 6 nitrogen and oxygen atoms in total. The Balaban J connectivity index is 1.77. The van der Waals surface area contributed by atoms with Crippen molar-refractivity contribution in [1.82, 2.24) is 10.2 Å². The summed E-state index contributed by atoms with van der Waals surface area (Å²) >= 11 is 12.0. The van der Waals surface area contributed by atoms with Gasteiger partial charge in [0, 0.05) is 23.1 Å². The molecule has 0 spiro atoms. The third-order valence-corrected chi connectivity index (χ3v) is 6.12. The first-order valence-corrected chi connectivity index (χ1v) is 11.8. The number of hydrogen-bond acceptors (Lipinski definition) is 4. The van der Waals surface area contributed by atoms with E-state index in [1.807, 2.05) is 30.3 Å². The van der Waals surface area contributed by atoms with Gasteiger partial charge in [0.1, 0.15) is 6.04 Å². The van der Waals surface area contributed by atoms with Crippen LogP contribution in [0.25, 0.3) is 0 Å². The number of hydrogen-bond donors (Lipinski definition) is 1. The van der Waals surface area contributed by atoms with Crippen molar-refractivity contribution in [3.05, 3.63) is 93.5 Å². The zero-order chi connectivity index (χ0) is 25.4. The fourth-order valence-electron chi connectivity index (χ4n) is 3.58. The van der Waals surface area contributed by atoms with Crippen LogP contribution < -0.4 is 14.8 Å². The number of nitrogens with one attached hydrogen (secondary N) is 1. The van der Waals surface area contributed by atoms with Gasteiger partial charge in [0.05, 0.1) is 20.6 Å². The van der Waals surface area contributed by atoms with Crippen molar-refractivity contribution in [2.24, 2.45) is 0 Å². The van der Waals surface area contributed by atoms with Gasteiger partial charge >= 0.3 is 0 Å². The van der Waals surface area contributed by atoms with Crippen molar-refractivity contribution in [1.29, 1.82) is 0 Å². The molecule has 0 fully saturated rings. The maximum Gasteiger partial charge on any atom is 0.242 e. The zero-order valence-corrected chi connectivity index (χ0v) is 21.4. The van der Waals surface area contributed by atoms with E-state index in [1.165, 1.54) is 0 Å². The van der Waals surface area contributed by atoms with Crippen molar-refractivity contribution in [3.63, 3.8) is 0 Å². The van der Waals surface area contributed by atoms with Gasteiger partial charge in [-0.15, -0.1) is 0 Å². The van der Waals surface area contributed by atoms with Crippen LogP contribution in [0, 0.1) is 0 Å². The second-order valence-corrected chi connectivity index (χ2v) is 8.91. The Kier molecular flexibility index (Phi) is 9.40. The molecule has 0 bridgehead atoms. The number of ether oxygens (including phenoxy) is 2. The number of carbonyl (C=O) groups excluding carboxylic acids is 2. The molecule has 0 unspecified atom stereocenters. The van der Waals surface area contributed by atoms with Crippen LogP contribution in [0.1, 0.15) is 23.6 Å². The van der Waals surface area contributed by atoms with E-state index in [1.54, 1.807) is 62.4 Å². The molecule has 3 aromatic carbocycles. The van der Waals surface area contributed by atoms with Crippen LogP contribution in [0.5, 0.6) is 11.5 Å². The molecule has 1 atom stereocenters. The predicted molar refractivity (Wildman–Crippen MR) is 138 cm³/mol. The number of halogens is 2. The Bertz CT molecular complexity index is 1150. The van der Waals surface area contributed by atoms with Crippen LogP contribution in [-0.4, -0.2) is 37.0 Å². The molecule has 0 aliphatic rings. The fourth-order valence-corrected chi connectivity index (χ4v) is 3.83. The summed E-state index contributed by atoms with van der Waals surface area (Å²) in [6.07, 6.45) is 0.0999. The monoisotopic (exact) mass is 514 g/mol. The van der Waals surface area contributed by atoms with E-state index < -0.39 is 6.04 Å². The number of nitrogens with zero attached hydrogens (tertiary/aromatic N) is 1. The van der Waals surface area contributed by atoms with E-state index in [0.29, 0.717) is 28.1 Å². The first-order chi connectivity index (χ1) is 16.8. The Hall–Kier alpha value is -3.22. The summed E-state index contributed by atoms with van der Waals surface area (Å²) in [6.45, 7) is 2.32. The van der Waals surface area contributed by atoms with Gasteiger partial charge < -0.3 is 19.7 Å². The summed E-state index contributed by atoms with van der Waals surface area (Å²) in [4.78, 5) is 28.0. The third-order valence-electron chi connectivity index (χ3n) is 5.62. The Labute approximate surface area is 215 Å². The molecule has 0 saturated heterocycles. The molecule has 0 aliphatic carbocycles. The highest BCUT2D eigenvalue weighted by atomic mass is 35.5. The molecule has 0 aliphatic heterocycles. The molecule has 3 rings (SSSR count). The topological polar surface area (TPSA) is 67.9 Å². The molecule has 0 saturated carbocycles. The van der Waals surface area contributed by atoms with Gasteiger partial charge in [-0.2, -0.15) is 0 Å². The van der Waals surface area contributed by atoms with Crippen LogP contribution >= 0.6 is 23.2 Å². The van der Waals surface area contributed by atoms with E-state index in [2.05, 4.69) is 5.32 Å². The molecule has 35 heavy (non-hydrogen) atoms. The van der Waals surface area contributed by atoms with E-state index >= 15 is 0 Å². The molecule has 0 radical (unpaired) electrons. The smallest absolute Gasteiger partial charge is 0.242 e. The molecule has 1 N–H and O–H groups in total. The largest absolute Gasteiger partial charge is 0.493 e. The number of rotatable bonds is 10. The minimum Gasteiger partial charge on any atom is -0.493 e. The van der Waals surface area contributed by atoms with Gasteiger partial charge in [0.25, 0.3) is 0 Å². The van der Waals surface area contributed by atoms with E-state index in [4.69, 9.17) is 32.7 Å². The first kappa shape index (κ1) is 26.4. The number of carbonyl (C=O) groups is 2. The zero-order valence-electron chi connectivity index (χ0n) is 19.9. The fraction of sp³-hybridized carbons (Fsp3) is 0.259. The van der Waals surface area contributed by atoms with E-state index in [9.17, 15) is 9.59 Å². The van der Waals surface area contributed by atoms with Crippen molar-refractivity contribution in [2.45, 2.75) is 32.5 Å². The molecule has 3 aromatic rings. The average molecular weight is 515 g/mol. The van der Waals surface area contributed by atoms with Gasteiger partial charge in [-0.25, -0.2) is 0 Å². The van der Waals surface area contributed by atoms with Crippen LogP contribution in [0.15, 0.2) is 66.7 Å². The molecular weight excluding hydrogens is 487 g/mol. The highest BCUT2D eigenvalue weighted by Gasteiger charge is 2.26. The second kappa shape index (κ2) is 12.5. The van der Waals surface area contributed by atoms with Gasteiger partial charge in [0.15, 0.2) is 11.5 Å². The summed E-state index contributed by atoms with van der Waals surface area (Å²) < 4.78 is 10.6. The Morgan fingerprint density at radius 3 is 1.94 bits per heavy atom. The maximum absolute atomic E-state index is 13.4.